The Bertz CT molecular complexity index is 610. The van der Waals surface area contributed by atoms with Crippen LogP contribution < -0.4 is 10.2 Å². The Hall–Kier alpha value is -1.59. The Kier molecular flexibility index (Phi) is 6.85. The number of hydrogen-bond acceptors (Lipinski definition) is 4. The van der Waals surface area contributed by atoms with E-state index in [1.54, 1.807) is 6.92 Å². The van der Waals surface area contributed by atoms with Gasteiger partial charge >= 0.3 is 0 Å². The Morgan fingerprint density at radius 3 is 2.40 bits per heavy atom. The third kappa shape index (κ3) is 6.33. The summed E-state index contributed by atoms with van der Waals surface area (Å²) in [5.74, 6) is 0.0841. The van der Waals surface area contributed by atoms with Crippen LogP contribution >= 0.6 is 11.6 Å². The second kappa shape index (κ2) is 8.68. The number of hydrogen-bond donors (Lipinski definition) is 1. The van der Waals surface area contributed by atoms with Crippen LogP contribution in [0.1, 0.15) is 33.6 Å². The molecule has 1 amide bonds. The minimum Gasteiger partial charge on any atom is -0.368 e. The summed E-state index contributed by atoms with van der Waals surface area (Å²) in [4.78, 5) is 28.0. The average Bonchev–Trinajstić information content (AvgIpc) is 2.52. The van der Waals surface area contributed by atoms with E-state index in [0.717, 1.165) is 43.4 Å². The van der Waals surface area contributed by atoms with Crippen molar-refractivity contribution in [3.05, 3.63) is 29.3 Å². The number of benzene rings is 1. The van der Waals surface area contributed by atoms with Crippen molar-refractivity contribution in [3.63, 3.8) is 0 Å². The lowest BCUT2D eigenvalue weighted by molar-refractivity contribution is -0.124. The first-order valence-corrected chi connectivity index (χ1v) is 9.17. The van der Waals surface area contributed by atoms with E-state index in [-0.39, 0.29) is 11.7 Å². The molecule has 1 aliphatic rings. The van der Waals surface area contributed by atoms with Gasteiger partial charge in [0, 0.05) is 51.1 Å². The van der Waals surface area contributed by atoms with Crippen LogP contribution in [-0.2, 0) is 9.59 Å². The van der Waals surface area contributed by atoms with E-state index in [1.807, 2.05) is 38.1 Å². The molecule has 1 aromatic carbocycles. The number of carbonyl (C=O) groups excluding carboxylic acids is 2. The molecule has 1 heterocycles. The minimum absolute atomic E-state index is 0.000201. The van der Waals surface area contributed by atoms with Gasteiger partial charge in [0.25, 0.3) is 0 Å². The van der Waals surface area contributed by atoms with Gasteiger partial charge in [-0.25, -0.2) is 0 Å². The van der Waals surface area contributed by atoms with Crippen molar-refractivity contribution in [1.29, 1.82) is 0 Å². The van der Waals surface area contributed by atoms with Crippen LogP contribution in [0.15, 0.2) is 24.3 Å². The summed E-state index contributed by atoms with van der Waals surface area (Å²) in [5, 5.41) is 3.74. The van der Waals surface area contributed by atoms with E-state index in [1.165, 1.54) is 0 Å². The van der Waals surface area contributed by atoms with Crippen molar-refractivity contribution < 1.29 is 9.59 Å². The van der Waals surface area contributed by atoms with E-state index >= 15 is 0 Å². The Balaban J connectivity index is 1.74. The number of nitrogens with one attached hydrogen (secondary N) is 1. The van der Waals surface area contributed by atoms with Gasteiger partial charge in [0.2, 0.25) is 5.91 Å². The number of nitrogens with zero attached hydrogens (tertiary/aromatic N) is 2. The van der Waals surface area contributed by atoms with E-state index < -0.39 is 5.54 Å². The fraction of sp³-hybridized carbons (Fsp3) is 0.579. The lowest BCUT2D eigenvalue weighted by atomic mass is 9.98. The molecular weight excluding hydrogens is 338 g/mol. The van der Waals surface area contributed by atoms with Gasteiger partial charge in [-0.1, -0.05) is 23.7 Å². The Labute approximate surface area is 155 Å². The number of anilines is 1. The maximum absolute atomic E-state index is 12.1. The molecule has 0 bridgehead atoms. The van der Waals surface area contributed by atoms with Crippen molar-refractivity contribution >= 4 is 29.0 Å². The number of para-hydroxylation sites is 1. The maximum Gasteiger partial charge on any atom is 0.221 e. The van der Waals surface area contributed by atoms with Crippen LogP contribution in [0.3, 0.4) is 0 Å². The zero-order valence-corrected chi connectivity index (χ0v) is 16.1. The van der Waals surface area contributed by atoms with Gasteiger partial charge in [0.05, 0.1) is 10.7 Å². The number of piperazine rings is 1. The first-order chi connectivity index (χ1) is 11.8. The molecule has 25 heavy (non-hydrogen) atoms. The first-order valence-electron chi connectivity index (χ1n) is 8.79. The molecule has 6 heteroatoms. The largest absolute Gasteiger partial charge is 0.368 e. The second-order valence-corrected chi connectivity index (χ2v) is 7.75. The summed E-state index contributed by atoms with van der Waals surface area (Å²) < 4.78 is 0. The number of halogens is 1. The van der Waals surface area contributed by atoms with Crippen LogP contribution in [0.5, 0.6) is 0 Å². The minimum atomic E-state index is -0.480. The van der Waals surface area contributed by atoms with Crippen LogP contribution in [0.25, 0.3) is 0 Å². The van der Waals surface area contributed by atoms with Gasteiger partial charge in [-0.2, -0.15) is 0 Å². The molecule has 0 radical (unpaired) electrons. The highest BCUT2D eigenvalue weighted by molar-refractivity contribution is 6.33. The van der Waals surface area contributed by atoms with E-state index in [4.69, 9.17) is 11.6 Å². The molecule has 0 atom stereocenters. The van der Waals surface area contributed by atoms with Gasteiger partial charge < -0.3 is 10.2 Å². The third-order valence-corrected chi connectivity index (χ3v) is 4.71. The van der Waals surface area contributed by atoms with Gasteiger partial charge in [-0.3, -0.25) is 14.5 Å². The van der Waals surface area contributed by atoms with Crippen molar-refractivity contribution in [2.24, 2.45) is 0 Å². The number of amides is 1. The predicted molar refractivity (Wildman–Crippen MR) is 102 cm³/mol. The van der Waals surface area contributed by atoms with Crippen LogP contribution in [-0.4, -0.2) is 54.9 Å². The van der Waals surface area contributed by atoms with Crippen molar-refractivity contribution in [1.82, 2.24) is 10.2 Å². The summed E-state index contributed by atoms with van der Waals surface area (Å²) in [6.45, 7) is 9.68. The molecule has 1 saturated heterocycles. The van der Waals surface area contributed by atoms with Crippen LogP contribution in [0.2, 0.25) is 5.02 Å². The molecule has 1 fully saturated rings. The quantitative estimate of drug-likeness (QED) is 0.807. The fourth-order valence-corrected chi connectivity index (χ4v) is 3.54. The monoisotopic (exact) mass is 365 g/mol. The fourth-order valence-electron chi connectivity index (χ4n) is 3.29. The zero-order valence-electron chi connectivity index (χ0n) is 15.3. The Morgan fingerprint density at radius 2 is 1.80 bits per heavy atom. The van der Waals surface area contributed by atoms with Crippen molar-refractivity contribution in [3.8, 4) is 0 Å². The molecule has 0 unspecified atom stereocenters. The summed E-state index contributed by atoms with van der Waals surface area (Å²) in [7, 11) is 0. The first kappa shape index (κ1) is 19.7. The van der Waals surface area contributed by atoms with Crippen molar-refractivity contribution in [2.45, 2.75) is 39.2 Å². The third-order valence-electron chi connectivity index (χ3n) is 4.39. The molecule has 1 aliphatic heterocycles. The predicted octanol–water partition coefficient (Wildman–Crippen LogP) is 2.73. The van der Waals surface area contributed by atoms with Gasteiger partial charge in [-0.05, 0) is 32.9 Å². The number of rotatable bonds is 7. The molecule has 0 aromatic heterocycles. The summed E-state index contributed by atoms with van der Waals surface area (Å²) in [5.41, 5.74) is 0.596. The SMILES string of the molecule is CC(=O)CC(C)(C)NC(=O)CCN1CCN(c2ccccc2Cl)CC1. The lowest BCUT2D eigenvalue weighted by Gasteiger charge is -2.36. The van der Waals surface area contributed by atoms with Gasteiger partial charge in [0.1, 0.15) is 5.78 Å². The normalized spacial score (nSPS) is 15.9. The van der Waals surface area contributed by atoms with Crippen LogP contribution in [0, 0.1) is 0 Å². The molecule has 0 spiro atoms. The molecule has 1 aromatic rings. The molecule has 2 rings (SSSR count). The highest BCUT2D eigenvalue weighted by atomic mass is 35.5. The highest BCUT2D eigenvalue weighted by Crippen LogP contribution is 2.26. The van der Waals surface area contributed by atoms with E-state index in [9.17, 15) is 9.59 Å². The molecule has 0 saturated carbocycles. The average molecular weight is 366 g/mol. The second-order valence-electron chi connectivity index (χ2n) is 7.34. The molecule has 138 valence electrons. The van der Waals surface area contributed by atoms with Gasteiger partial charge in [0.15, 0.2) is 0 Å². The standard InChI is InChI=1S/C19H28ClN3O2/c1-15(24)14-19(2,3)21-18(25)8-9-22-10-12-23(13-11-22)17-7-5-4-6-16(17)20/h4-7H,8-14H2,1-3H3,(H,21,25). The van der Waals surface area contributed by atoms with E-state index in [2.05, 4.69) is 15.1 Å². The smallest absolute Gasteiger partial charge is 0.221 e. The Morgan fingerprint density at radius 1 is 1.16 bits per heavy atom. The topological polar surface area (TPSA) is 52.7 Å². The zero-order chi connectivity index (χ0) is 18.4. The van der Waals surface area contributed by atoms with Crippen molar-refractivity contribution in [2.75, 3.05) is 37.6 Å². The molecular formula is C19H28ClN3O2. The molecule has 1 N–H and O–H groups in total. The van der Waals surface area contributed by atoms with E-state index in [0.29, 0.717) is 12.8 Å². The highest BCUT2D eigenvalue weighted by Gasteiger charge is 2.23. The summed E-state index contributed by atoms with van der Waals surface area (Å²) >= 11 is 6.26. The van der Waals surface area contributed by atoms with Crippen LogP contribution in [0.4, 0.5) is 5.69 Å². The number of Topliss-reactive ketones (excluding diaryl/α,β-unsaturated/α-hetero) is 1. The molecule has 0 aliphatic carbocycles. The number of carbonyl (C=O) groups is 2. The summed E-state index contributed by atoms with van der Waals surface area (Å²) in [6, 6.07) is 7.90. The molecule has 5 nitrogen and oxygen atoms in total. The number of ketones is 1. The van der Waals surface area contributed by atoms with Gasteiger partial charge in [-0.15, -0.1) is 0 Å². The maximum atomic E-state index is 12.1. The lowest BCUT2D eigenvalue weighted by Crippen LogP contribution is -2.49. The summed E-state index contributed by atoms with van der Waals surface area (Å²) in [6.07, 6.45) is 0.808.